The summed E-state index contributed by atoms with van der Waals surface area (Å²) in [6.45, 7) is 2.25. The molecule has 1 atom stereocenters. The number of carbonyl (C=O) groups excluding carboxylic acids is 1. The van der Waals surface area contributed by atoms with Crippen molar-refractivity contribution in [3.8, 4) is 10.6 Å². The third-order valence-corrected chi connectivity index (χ3v) is 3.53. The molecule has 0 amide bonds. The highest BCUT2D eigenvalue weighted by atomic mass is 32.1. The molecule has 0 fully saturated rings. The maximum absolute atomic E-state index is 11.8. The summed E-state index contributed by atoms with van der Waals surface area (Å²) in [5, 5.41) is 2.43. The number of ether oxygens (including phenoxy) is 2. The highest BCUT2D eigenvalue weighted by molar-refractivity contribution is 7.13. The van der Waals surface area contributed by atoms with E-state index in [1.807, 2.05) is 6.92 Å². The molecule has 2 aromatic heterocycles. The Kier molecular flexibility index (Phi) is 4.70. The van der Waals surface area contributed by atoms with Crippen LogP contribution in [0, 0.1) is 0 Å². The van der Waals surface area contributed by atoms with Gasteiger partial charge in [0, 0.05) is 24.5 Å². The molecule has 0 spiro atoms. The van der Waals surface area contributed by atoms with E-state index < -0.39 is 5.97 Å². The molecule has 0 bridgehead atoms. The molecule has 0 aromatic carbocycles. The highest BCUT2D eigenvalue weighted by Crippen LogP contribution is 2.24. The summed E-state index contributed by atoms with van der Waals surface area (Å²) in [5.74, 6) is -0.408. The number of methoxy groups -OCH3 is 1. The number of esters is 1. The Morgan fingerprint density at radius 3 is 3.11 bits per heavy atom. The third-order valence-electron chi connectivity index (χ3n) is 2.64. The molecule has 0 radical (unpaired) electrons. The zero-order valence-corrected chi connectivity index (χ0v) is 11.6. The van der Waals surface area contributed by atoms with Gasteiger partial charge in [-0.2, -0.15) is 0 Å². The minimum atomic E-state index is -0.408. The number of nitrogens with zero attached hydrogens (tertiary/aromatic N) is 1. The van der Waals surface area contributed by atoms with Crippen LogP contribution in [0.4, 0.5) is 0 Å². The Morgan fingerprint density at radius 1 is 1.58 bits per heavy atom. The Bertz CT molecular complexity index is 520. The average molecular weight is 281 g/mol. The minimum Gasteiger partial charge on any atom is -0.472 e. The largest absolute Gasteiger partial charge is 0.472 e. The van der Waals surface area contributed by atoms with Crippen LogP contribution in [0.1, 0.15) is 23.8 Å². The van der Waals surface area contributed by atoms with Crippen LogP contribution in [-0.4, -0.2) is 30.8 Å². The fraction of sp³-hybridized carbons (Fsp3) is 0.385. The summed E-state index contributed by atoms with van der Waals surface area (Å²) in [5.41, 5.74) is 1.18. The number of hydrogen-bond acceptors (Lipinski definition) is 6. The van der Waals surface area contributed by atoms with Crippen LogP contribution in [-0.2, 0) is 9.47 Å². The van der Waals surface area contributed by atoms with Crippen LogP contribution >= 0.6 is 11.3 Å². The first kappa shape index (κ1) is 13.8. The third kappa shape index (κ3) is 3.65. The topological polar surface area (TPSA) is 61.6 Å². The van der Waals surface area contributed by atoms with Gasteiger partial charge in [-0.15, -0.1) is 11.3 Å². The van der Waals surface area contributed by atoms with Crippen molar-refractivity contribution >= 4 is 17.3 Å². The Morgan fingerprint density at radius 2 is 2.42 bits per heavy atom. The molecule has 1 unspecified atom stereocenters. The number of aromatic nitrogens is 1. The van der Waals surface area contributed by atoms with Crippen molar-refractivity contribution < 1.29 is 18.7 Å². The van der Waals surface area contributed by atoms with Crippen LogP contribution in [0.15, 0.2) is 28.4 Å². The van der Waals surface area contributed by atoms with Gasteiger partial charge in [-0.1, -0.05) is 0 Å². The second-order valence-corrected chi connectivity index (χ2v) is 4.88. The molecule has 0 aliphatic heterocycles. The Balaban J connectivity index is 1.90. The smallest absolute Gasteiger partial charge is 0.357 e. The van der Waals surface area contributed by atoms with Gasteiger partial charge in [-0.05, 0) is 13.0 Å². The van der Waals surface area contributed by atoms with E-state index in [1.54, 1.807) is 31.1 Å². The van der Waals surface area contributed by atoms with Crippen LogP contribution in [0.2, 0.25) is 0 Å². The molecule has 19 heavy (non-hydrogen) atoms. The van der Waals surface area contributed by atoms with Gasteiger partial charge >= 0.3 is 5.97 Å². The molecule has 0 N–H and O–H groups in total. The summed E-state index contributed by atoms with van der Waals surface area (Å²) in [4.78, 5) is 16.0. The normalized spacial score (nSPS) is 12.3. The molecule has 0 saturated carbocycles. The summed E-state index contributed by atoms with van der Waals surface area (Å²) in [6.07, 6.45) is 3.90. The zero-order chi connectivity index (χ0) is 13.7. The van der Waals surface area contributed by atoms with Gasteiger partial charge in [0.05, 0.1) is 19.0 Å². The molecular weight excluding hydrogens is 266 g/mol. The molecule has 2 rings (SSSR count). The molecular formula is C13H15NO4S. The molecule has 5 nitrogen and oxygen atoms in total. The average Bonchev–Trinajstić information content (AvgIpc) is 3.08. The monoisotopic (exact) mass is 281 g/mol. The van der Waals surface area contributed by atoms with Gasteiger partial charge in [0.15, 0.2) is 5.69 Å². The second-order valence-electron chi connectivity index (χ2n) is 4.02. The Hall–Kier alpha value is -1.66. The van der Waals surface area contributed by atoms with Gasteiger partial charge in [-0.3, -0.25) is 0 Å². The SMILES string of the molecule is COC(C)CCOC(=O)c1csc(-c2ccoc2)n1. The van der Waals surface area contributed by atoms with Crippen LogP contribution in [0.3, 0.4) is 0 Å². The van der Waals surface area contributed by atoms with E-state index in [1.165, 1.54) is 11.3 Å². The van der Waals surface area contributed by atoms with Crippen LogP contribution in [0.25, 0.3) is 10.6 Å². The maximum atomic E-state index is 11.8. The van der Waals surface area contributed by atoms with E-state index in [9.17, 15) is 4.79 Å². The van der Waals surface area contributed by atoms with Gasteiger partial charge in [0.1, 0.15) is 11.3 Å². The molecule has 6 heteroatoms. The van der Waals surface area contributed by atoms with Crippen LogP contribution < -0.4 is 0 Å². The fourth-order valence-electron chi connectivity index (χ4n) is 1.40. The first-order chi connectivity index (χ1) is 9.20. The van der Waals surface area contributed by atoms with Gasteiger partial charge in [-0.25, -0.2) is 9.78 Å². The standard InChI is InChI=1S/C13H15NO4S/c1-9(16-2)3-6-18-13(15)11-8-19-12(14-11)10-4-5-17-7-10/h4-5,7-9H,3,6H2,1-2H3. The summed E-state index contributed by atoms with van der Waals surface area (Å²) in [7, 11) is 1.63. The molecule has 0 aliphatic rings. The molecule has 0 aliphatic carbocycles. The van der Waals surface area contributed by atoms with Crippen molar-refractivity contribution in [3.05, 3.63) is 29.7 Å². The van der Waals surface area contributed by atoms with Gasteiger partial charge < -0.3 is 13.9 Å². The molecule has 2 heterocycles. The maximum Gasteiger partial charge on any atom is 0.357 e. The first-order valence-corrected chi connectivity index (χ1v) is 6.76. The molecule has 0 saturated heterocycles. The van der Waals surface area contributed by atoms with E-state index in [2.05, 4.69) is 4.98 Å². The quantitative estimate of drug-likeness (QED) is 0.762. The van der Waals surface area contributed by atoms with Gasteiger partial charge in [0.2, 0.25) is 0 Å². The summed E-state index contributed by atoms with van der Waals surface area (Å²) in [6, 6.07) is 1.80. The van der Waals surface area contributed by atoms with Crippen molar-refractivity contribution in [2.24, 2.45) is 0 Å². The van der Waals surface area contributed by atoms with E-state index in [4.69, 9.17) is 13.9 Å². The summed E-state index contributed by atoms with van der Waals surface area (Å²) < 4.78 is 15.2. The lowest BCUT2D eigenvalue weighted by molar-refractivity contribution is 0.0386. The van der Waals surface area contributed by atoms with Crippen molar-refractivity contribution in [2.45, 2.75) is 19.4 Å². The van der Waals surface area contributed by atoms with E-state index >= 15 is 0 Å². The predicted molar refractivity (Wildman–Crippen MR) is 71.2 cm³/mol. The van der Waals surface area contributed by atoms with E-state index in [0.29, 0.717) is 18.7 Å². The van der Waals surface area contributed by atoms with Crippen LogP contribution in [0.5, 0.6) is 0 Å². The lowest BCUT2D eigenvalue weighted by Gasteiger charge is -2.08. The fourth-order valence-corrected chi connectivity index (χ4v) is 2.17. The van der Waals surface area contributed by atoms with E-state index in [0.717, 1.165) is 10.6 Å². The molecule has 2 aromatic rings. The second kappa shape index (κ2) is 6.49. The number of rotatable bonds is 6. The van der Waals surface area contributed by atoms with Crippen molar-refractivity contribution in [1.82, 2.24) is 4.98 Å². The van der Waals surface area contributed by atoms with Crippen molar-refractivity contribution in [3.63, 3.8) is 0 Å². The number of carbonyl (C=O) groups is 1. The summed E-state index contributed by atoms with van der Waals surface area (Å²) >= 11 is 1.38. The minimum absolute atomic E-state index is 0.0738. The highest BCUT2D eigenvalue weighted by Gasteiger charge is 2.14. The van der Waals surface area contributed by atoms with Gasteiger partial charge in [0.25, 0.3) is 0 Å². The first-order valence-electron chi connectivity index (χ1n) is 5.88. The molecule has 102 valence electrons. The van der Waals surface area contributed by atoms with E-state index in [-0.39, 0.29) is 6.10 Å². The zero-order valence-electron chi connectivity index (χ0n) is 10.8. The Labute approximate surface area is 115 Å². The lowest BCUT2D eigenvalue weighted by atomic mass is 10.3. The van der Waals surface area contributed by atoms with Crippen molar-refractivity contribution in [1.29, 1.82) is 0 Å². The van der Waals surface area contributed by atoms with Crippen molar-refractivity contribution in [2.75, 3.05) is 13.7 Å². The number of hydrogen-bond donors (Lipinski definition) is 0. The number of thiazole rings is 1. The number of furan rings is 1. The lowest BCUT2D eigenvalue weighted by Crippen LogP contribution is -2.13. The predicted octanol–water partition coefficient (Wildman–Crippen LogP) is 2.98.